The molecule has 3 fully saturated rings. The Hall–Kier alpha value is -3.57. The number of fused-ring (bicyclic) bond motifs is 2. The lowest BCUT2D eigenvalue weighted by Crippen LogP contribution is -2.56. The Kier molecular flexibility index (Phi) is 8.02. The summed E-state index contributed by atoms with van der Waals surface area (Å²) in [5, 5.41) is 17.9. The summed E-state index contributed by atoms with van der Waals surface area (Å²) in [4.78, 5) is 47.6. The lowest BCUT2D eigenvalue weighted by molar-refractivity contribution is -0.155. The van der Waals surface area contributed by atoms with E-state index in [1.54, 1.807) is 38.6 Å². The second-order valence-corrected chi connectivity index (χ2v) is 11.4. The number of likely N-dealkylation sites (N-methyl/N-ethyl adjacent to an activating group) is 1. The van der Waals surface area contributed by atoms with Gasteiger partial charge in [0.15, 0.2) is 0 Å². The summed E-state index contributed by atoms with van der Waals surface area (Å²) in [6, 6.07) is 6.60. The summed E-state index contributed by atoms with van der Waals surface area (Å²) >= 11 is 0. The molecule has 5 atom stereocenters. The minimum atomic E-state index is -1.12. The predicted octanol–water partition coefficient (Wildman–Crippen LogP) is 1.98. The molecule has 5 rings (SSSR count). The monoisotopic (exact) mass is 564 g/mol. The van der Waals surface area contributed by atoms with E-state index >= 15 is 0 Å². The molecule has 11 heteroatoms. The van der Waals surface area contributed by atoms with E-state index in [0.717, 1.165) is 5.52 Å². The molecule has 1 aromatic carbocycles. The van der Waals surface area contributed by atoms with Gasteiger partial charge < -0.3 is 24.5 Å². The van der Waals surface area contributed by atoms with E-state index in [1.807, 2.05) is 31.2 Å². The quantitative estimate of drug-likeness (QED) is 0.292. The molecule has 1 aromatic heterocycles. The van der Waals surface area contributed by atoms with Crippen molar-refractivity contribution in [3.8, 4) is 0 Å². The van der Waals surface area contributed by atoms with Crippen LogP contribution in [0, 0.1) is 11.8 Å². The van der Waals surface area contributed by atoms with Gasteiger partial charge in [0.2, 0.25) is 17.7 Å². The van der Waals surface area contributed by atoms with Gasteiger partial charge in [-0.2, -0.15) is 0 Å². The van der Waals surface area contributed by atoms with Gasteiger partial charge in [-0.3, -0.25) is 14.4 Å². The number of ether oxygens (including phenoxy) is 1. The standard InChI is InChI=1S/C30H40N6O5/c1-5-16-33(4)26(38)23-24-27(39)35(18-10-11-19-37)25(30(24)15-14-29(23,7-3)41-30)28(40)34(17-6-2)20-36-22-13-9-8-12-21(22)31-32-36/h5-6,8-9,12-13,23-25,37H,1-2,7,10-11,14-20H2,3-4H3/t23-,24+,25?,29+,30?/m1/s1. The molecule has 11 nitrogen and oxygen atoms in total. The molecule has 0 saturated carbocycles. The van der Waals surface area contributed by atoms with Crippen LogP contribution in [0.15, 0.2) is 49.6 Å². The number of aliphatic hydroxyl groups is 1. The number of rotatable bonds is 13. The van der Waals surface area contributed by atoms with Crippen molar-refractivity contribution in [3.63, 3.8) is 0 Å². The first-order valence-electron chi connectivity index (χ1n) is 14.4. The minimum absolute atomic E-state index is 0.0138. The first-order valence-corrected chi connectivity index (χ1v) is 14.4. The van der Waals surface area contributed by atoms with E-state index in [2.05, 4.69) is 23.5 Å². The van der Waals surface area contributed by atoms with Crippen LogP contribution >= 0.6 is 0 Å². The summed E-state index contributed by atoms with van der Waals surface area (Å²) < 4.78 is 8.53. The zero-order valence-corrected chi connectivity index (χ0v) is 23.9. The van der Waals surface area contributed by atoms with Crippen LogP contribution in [0.2, 0.25) is 0 Å². The second-order valence-electron chi connectivity index (χ2n) is 11.4. The molecule has 3 amide bonds. The normalized spacial score (nSPS) is 28.2. The summed E-state index contributed by atoms with van der Waals surface area (Å²) in [5.41, 5.74) is -0.436. The smallest absolute Gasteiger partial charge is 0.250 e. The number of para-hydroxylation sites is 1. The highest BCUT2D eigenvalue weighted by Gasteiger charge is 2.78. The Bertz CT molecular complexity index is 1340. The third-order valence-electron chi connectivity index (χ3n) is 9.15. The molecule has 0 radical (unpaired) electrons. The van der Waals surface area contributed by atoms with Gasteiger partial charge in [-0.15, -0.1) is 18.3 Å². The molecule has 0 aliphatic carbocycles. The number of amides is 3. The maximum atomic E-state index is 14.6. The summed E-state index contributed by atoms with van der Waals surface area (Å²) in [5.74, 6) is -2.12. The van der Waals surface area contributed by atoms with Gasteiger partial charge in [0.1, 0.15) is 23.8 Å². The van der Waals surface area contributed by atoms with E-state index in [1.165, 1.54) is 0 Å². The summed E-state index contributed by atoms with van der Waals surface area (Å²) in [7, 11) is 1.71. The van der Waals surface area contributed by atoms with Crippen LogP contribution < -0.4 is 0 Å². The number of hydrogen-bond donors (Lipinski definition) is 1. The molecule has 2 bridgehead atoms. The van der Waals surface area contributed by atoms with Gasteiger partial charge in [-0.1, -0.05) is 36.4 Å². The average molecular weight is 565 g/mol. The van der Waals surface area contributed by atoms with Crippen LogP contribution in [-0.4, -0.2) is 103 Å². The largest absolute Gasteiger partial charge is 0.396 e. The molecular formula is C30H40N6O5. The second kappa shape index (κ2) is 11.4. The molecule has 2 unspecified atom stereocenters. The van der Waals surface area contributed by atoms with Gasteiger partial charge in [-0.25, -0.2) is 4.68 Å². The van der Waals surface area contributed by atoms with Crippen LogP contribution in [0.3, 0.4) is 0 Å². The first-order chi connectivity index (χ1) is 19.8. The number of aromatic nitrogens is 3. The van der Waals surface area contributed by atoms with Crippen molar-refractivity contribution in [2.24, 2.45) is 11.8 Å². The van der Waals surface area contributed by atoms with E-state index in [9.17, 15) is 19.5 Å². The molecule has 3 saturated heterocycles. The van der Waals surface area contributed by atoms with Crippen LogP contribution in [0.1, 0.15) is 39.0 Å². The Morgan fingerprint density at radius 1 is 1.17 bits per heavy atom. The SMILES string of the molecule is C=CCN(C)C(=O)[C@H]1[C@H]2C(=O)N(CCCCO)C(C(=O)N(CC=C)Cn3nnc4ccccc43)C23CC[C@]1(CC)O3. The van der Waals surface area contributed by atoms with Crippen molar-refractivity contribution in [2.75, 3.05) is 33.3 Å². The van der Waals surface area contributed by atoms with Crippen LogP contribution in [0.25, 0.3) is 11.0 Å². The number of aliphatic hydroxyl groups excluding tert-OH is 1. The van der Waals surface area contributed by atoms with Crippen molar-refractivity contribution >= 4 is 28.8 Å². The Morgan fingerprint density at radius 3 is 2.63 bits per heavy atom. The number of carbonyl (C=O) groups excluding carboxylic acids is 3. The summed E-state index contributed by atoms with van der Waals surface area (Å²) in [6.07, 6.45) is 5.99. The van der Waals surface area contributed by atoms with Crippen LogP contribution in [0.4, 0.5) is 0 Å². The highest BCUT2D eigenvalue weighted by Crippen LogP contribution is 2.64. The number of likely N-dealkylation sites (tertiary alicyclic amines) is 1. The lowest BCUT2D eigenvalue weighted by Gasteiger charge is -2.36. The molecular weight excluding hydrogens is 524 g/mol. The van der Waals surface area contributed by atoms with Crippen LogP contribution in [0.5, 0.6) is 0 Å². The highest BCUT2D eigenvalue weighted by molar-refractivity contribution is 5.99. The molecule has 2 aromatic rings. The van der Waals surface area contributed by atoms with E-state index in [4.69, 9.17) is 4.74 Å². The predicted molar refractivity (Wildman–Crippen MR) is 152 cm³/mol. The molecule has 4 heterocycles. The van der Waals surface area contributed by atoms with Crippen LogP contribution in [-0.2, 0) is 25.8 Å². The van der Waals surface area contributed by atoms with Crippen molar-refractivity contribution in [2.45, 2.75) is 62.9 Å². The third-order valence-corrected chi connectivity index (χ3v) is 9.15. The number of unbranched alkanes of at least 4 members (excludes halogenated alkanes) is 1. The molecule has 1 spiro atoms. The fraction of sp³-hybridized carbons (Fsp3) is 0.567. The van der Waals surface area contributed by atoms with Gasteiger partial charge in [0.05, 0.1) is 23.0 Å². The van der Waals surface area contributed by atoms with Gasteiger partial charge in [-0.05, 0) is 44.2 Å². The Morgan fingerprint density at radius 2 is 1.93 bits per heavy atom. The Labute approximate surface area is 240 Å². The molecule has 3 aliphatic rings. The maximum Gasteiger partial charge on any atom is 0.250 e. The van der Waals surface area contributed by atoms with Gasteiger partial charge in [0.25, 0.3) is 0 Å². The minimum Gasteiger partial charge on any atom is -0.396 e. The maximum absolute atomic E-state index is 14.6. The number of benzene rings is 1. The third kappa shape index (κ3) is 4.55. The van der Waals surface area contributed by atoms with Gasteiger partial charge >= 0.3 is 0 Å². The highest BCUT2D eigenvalue weighted by atomic mass is 16.5. The first kappa shape index (κ1) is 28.9. The lowest BCUT2D eigenvalue weighted by atomic mass is 9.64. The van der Waals surface area contributed by atoms with E-state index in [0.29, 0.717) is 44.2 Å². The molecule has 1 N–H and O–H groups in total. The molecule has 220 valence electrons. The topological polar surface area (TPSA) is 121 Å². The fourth-order valence-electron chi connectivity index (χ4n) is 7.26. The molecule has 41 heavy (non-hydrogen) atoms. The van der Waals surface area contributed by atoms with Gasteiger partial charge in [0, 0.05) is 33.3 Å². The fourth-order valence-corrected chi connectivity index (χ4v) is 7.26. The molecule has 3 aliphatic heterocycles. The van der Waals surface area contributed by atoms with Crippen molar-refractivity contribution in [1.82, 2.24) is 29.7 Å². The average Bonchev–Trinajstić information content (AvgIpc) is 3.70. The van der Waals surface area contributed by atoms with E-state index in [-0.39, 0.29) is 44.1 Å². The number of nitrogens with zero attached hydrogens (tertiary/aromatic N) is 6. The Balaban J connectivity index is 1.55. The van der Waals surface area contributed by atoms with E-state index < -0.39 is 29.1 Å². The number of carbonyl (C=O) groups is 3. The zero-order chi connectivity index (χ0) is 29.4. The van der Waals surface area contributed by atoms with Crippen molar-refractivity contribution < 1.29 is 24.2 Å². The van der Waals surface area contributed by atoms with Crippen molar-refractivity contribution in [1.29, 1.82) is 0 Å². The zero-order valence-electron chi connectivity index (χ0n) is 23.9. The number of hydrogen-bond acceptors (Lipinski definition) is 7. The van der Waals surface area contributed by atoms with Crippen molar-refractivity contribution in [3.05, 3.63) is 49.6 Å². The summed E-state index contributed by atoms with van der Waals surface area (Å²) in [6.45, 7) is 10.6.